The van der Waals surface area contributed by atoms with E-state index in [0.29, 0.717) is 5.69 Å². The lowest BCUT2D eigenvalue weighted by Gasteiger charge is -2.10. The van der Waals surface area contributed by atoms with E-state index in [0.717, 1.165) is 0 Å². The third-order valence-corrected chi connectivity index (χ3v) is 2.33. The summed E-state index contributed by atoms with van der Waals surface area (Å²) in [7, 11) is 0. The minimum absolute atomic E-state index is 0. The maximum atomic E-state index is 12.8. The number of hydrogen-bond acceptors (Lipinski definition) is 3. The number of carbonyl (C=O) groups excluding carboxylic acids is 2. The van der Waals surface area contributed by atoms with Crippen LogP contribution in [0, 0.1) is 11.7 Å². The Balaban J connectivity index is 0.00000324. The molecule has 0 heterocycles. The highest BCUT2D eigenvalue weighted by Gasteiger charge is 2.11. The number of amides is 2. The molecule has 0 saturated carbocycles. The molecule has 0 spiro atoms. The van der Waals surface area contributed by atoms with Crippen LogP contribution in [0.25, 0.3) is 0 Å². The number of halogens is 2. The summed E-state index contributed by atoms with van der Waals surface area (Å²) in [5, 5.41) is 4.91. The molecule has 0 aliphatic rings. The summed E-state index contributed by atoms with van der Waals surface area (Å²) < 4.78 is 12.8. The number of benzene rings is 1. The van der Waals surface area contributed by atoms with E-state index in [-0.39, 0.29) is 37.3 Å². The standard InChI is InChI=1S/C12H16FN3O2.ClH/c1-8(6-14)12(18)15-7-11(17)16-10-4-2-3-9(13)5-10;/h2-5,8H,6-7,14H2,1H3,(H,15,18)(H,16,17);1H. The van der Waals surface area contributed by atoms with Gasteiger partial charge in [-0.15, -0.1) is 12.4 Å². The highest BCUT2D eigenvalue weighted by atomic mass is 35.5. The number of anilines is 1. The average Bonchev–Trinajstić information content (AvgIpc) is 2.35. The fraction of sp³-hybridized carbons (Fsp3) is 0.333. The SMILES string of the molecule is CC(CN)C(=O)NCC(=O)Nc1cccc(F)c1.Cl. The molecule has 0 fully saturated rings. The van der Waals surface area contributed by atoms with Crippen molar-refractivity contribution in [1.82, 2.24) is 5.32 Å². The van der Waals surface area contributed by atoms with E-state index in [9.17, 15) is 14.0 Å². The number of hydrogen-bond donors (Lipinski definition) is 3. The normalized spacial score (nSPS) is 11.1. The van der Waals surface area contributed by atoms with Gasteiger partial charge < -0.3 is 16.4 Å². The molecule has 0 aromatic heterocycles. The van der Waals surface area contributed by atoms with E-state index in [1.54, 1.807) is 13.0 Å². The van der Waals surface area contributed by atoms with Crippen LogP contribution in [-0.2, 0) is 9.59 Å². The minimum atomic E-state index is -0.436. The fourth-order valence-corrected chi connectivity index (χ4v) is 1.22. The van der Waals surface area contributed by atoms with E-state index in [1.807, 2.05) is 0 Å². The van der Waals surface area contributed by atoms with Crippen LogP contribution in [0.15, 0.2) is 24.3 Å². The Morgan fingerprint density at radius 1 is 1.42 bits per heavy atom. The summed E-state index contributed by atoms with van der Waals surface area (Å²) in [5.41, 5.74) is 5.66. The van der Waals surface area contributed by atoms with Gasteiger partial charge in [0.1, 0.15) is 5.82 Å². The highest BCUT2D eigenvalue weighted by Crippen LogP contribution is 2.08. The van der Waals surface area contributed by atoms with Gasteiger partial charge in [0.05, 0.1) is 6.54 Å². The molecule has 1 atom stereocenters. The van der Waals surface area contributed by atoms with E-state index < -0.39 is 11.7 Å². The van der Waals surface area contributed by atoms with Gasteiger partial charge in [0, 0.05) is 18.2 Å². The molecule has 0 radical (unpaired) electrons. The van der Waals surface area contributed by atoms with Gasteiger partial charge in [0.2, 0.25) is 11.8 Å². The van der Waals surface area contributed by atoms with Crippen molar-refractivity contribution in [3.63, 3.8) is 0 Å². The van der Waals surface area contributed by atoms with Gasteiger partial charge in [-0.1, -0.05) is 13.0 Å². The second-order valence-electron chi connectivity index (χ2n) is 3.91. The summed E-state index contributed by atoms with van der Waals surface area (Å²) in [6, 6.07) is 5.52. The second kappa shape index (κ2) is 8.44. The fourth-order valence-electron chi connectivity index (χ4n) is 1.22. The van der Waals surface area contributed by atoms with Crippen LogP contribution in [0.4, 0.5) is 10.1 Å². The third kappa shape index (κ3) is 6.17. The molecule has 1 unspecified atom stereocenters. The van der Waals surface area contributed by atoms with E-state index in [2.05, 4.69) is 10.6 Å². The molecule has 2 amide bonds. The zero-order chi connectivity index (χ0) is 13.5. The van der Waals surface area contributed by atoms with Gasteiger partial charge in [0.15, 0.2) is 0 Å². The molecular weight excluding hydrogens is 273 g/mol. The van der Waals surface area contributed by atoms with Crippen LogP contribution in [-0.4, -0.2) is 24.9 Å². The maximum absolute atomic E-state index is 12.8. The van der Waals surface area contributed by atoms with Crippen molar-refractivity contribution in [2.75, 3.05) is 18.4 Å². The number of nitrogens with two attached hydrogens (primary N) is 1. The number of nitrogens with one attached hydrogen (secondary N) is 2. The van der Waals surface area contributed by atoms with Crippen molar-refractivity contribution in [2.45, 2.75) is 6.92 Å². The first-order valence-corrected chi connectivity index (χ1v) is 5.56. The molecule has 1 rings (SSSR count). The molecule has 0 aliphatic carbocycles. The van der Waals surface area contributed by atoms with Gasteiger partial charge in [-0.05, 0) is 18.2 Å². The van der Waals surface area contributed by atoms with Crippen LogP contribution in [0.1, 0.15) is 6.92 Å². The smallest absolute Gasteiger partial charge is 0.243 e. The Labute approximate surface area is 117 Å². The maximum Gasteiger partial charge on any atom is 0.243 e. The largest absolute Gasteiger partial charge is 0.347 e. The van der Waals surface area contributed by atoms with Crippen molar-refractivity contribution in [3.8, 4) is 0 Å². The molecule has 5 nitrogen and oxygen atoms in total. The Morgan fingerprint density at radius 3 is 2.68 bits per heavy atom. The van der Waals surface area contributed by atoms with Gasteiger partial charge in [-0.3, -0.25) is 9.59 Å². The summed E-state index contributed by atoms with van der Waals surface area (Å²) in [6.07, 6.45) is 0. The van der Waals surface area contributed by atoms with E-state index in [4.69, 9.17) is 5.73 Å². The Bertz CT molecular complexity index is 443. The molecule has 0 bridgehead atoms. The van der Waals surface area contributed by atoms with Crippen molar-refractivity contribution in [1.29, 1.82) is 0 Å². The Hall–Kier alpha value is -1.66. The monoisotopic (exact) mass is 289 g/mol. The third-order valence-electron chi connectivity index (χ3n) is 2.33. The first-order valence-electron chi connectivity index (χ1n) is 5.56. The number of rotatable bonds is 5. The van der Waals surface area contributed by atoms with E-state index in [1.165, 1.54) is 18.2 Å². The predicted molar refractivity (Wildman–Crippen MR) is 73.5 cm³/mol. The first-order chi connectivity index (χ1) is 8.52. The van der Waals surface area contributed by atoms with Crippen LogP contribution in [0.2, 0.25) is 0 Å². The van der Waals surface area contributed by atoms with Crippen LogP contribution < -0.4 is 16.4 Å². The second-order valence-corrected chi connectivity index (χ2v) is 3.91. The molecule has 19 heavy (non-hydrogen) atoms. The minimum Gasteiger partial charge on any atom is -0.347 e. The topological polar surface area (TPSA) is 84.2 Å². The summed E-state index contributed by atoms with van der Waals surface area (Å²) >= 11 is 0. The molecule has 1 aromatic carbocycles. The van der Waals surface area contributed by atoms with Crippen molar-refractivity contribution in [2.24, 2.45) is 11.7 Å². The summed E-state index contributed by atoms with van der Waals surface area (Å²) in [5.74, 6) is -1.48. The van der Waals surface area contributed by atoms with Gasteiger partial charge in [-0.2, -0.15) is 0 Å². The quantitative estimate of drug-likeness (QED) is 0.753. The lowest BCUT2D eigenvalue weighted by molar-refractivity contribution is -0.126. The van der Waals surface area contributed by atoms with Crippen LogP contribution in [0.5, 0.6) is 0 Å². The van der Waals surface area contributed by atoms with E-state index >= 15 is 0 Å². The lowest BCUT2D eigenvalue weighted by atomic mass is 10.2. The zero-order valence-electron chi connectivity index (χ0n) is 10.5. The van der Waals surface area contributed by atoms with Crippen LogP contribution in [0.3, 0.4) is 0 Å². The average molecular weight is 290 g/mol. The van der Waals surface area contributed by atoms with Gasteiger partial charge >= 0.3 is 0 Å². The molecule has 7 heteroatoms. The highest BCUT2D eigenvalue weighted by molar-refractivity contribution is 5.94. The number of carbonyl (C=O) groups is 2. The molecule has 106 valence electrons. The van der Waals surface area contributed by atoms with Crippen molar-refractivity contribution < 1.29 is 14.0 Å². The van der Waals surface area contributed by atoms with Gasteiger partial charge in [0.25, 0.3) is 0 Å². The molecule has 1 aromatic rings. The molecule has 4 N–H and O–H groups in total. The Morgan fingerprint density at radius 2 is 2.11 bits per heavy atom. The van der Waals surface area contributed by atoms with Crippen molar-refractivity contribution >= 4 is 29.9 Å². The zero-order valence-corrected chi connectivity index (χ0v) is 11.3. The van der Waals surface area contributed by atoms with Crippen LogP contribution >= 0.6 is 12.4 Å². The lowest BCUT2D eigenvalue weighted by Crippen LogP contribution is -2.38. The van der Waals surface area contributed by atoms with Crippen molar-refractivity contribution in [3.05, 3.63) is 30.1 Å². The first kappa shape index (κ1) is 17.3. The Kier molecular flexibility index (Phi) is 7.71. The summed E-state index contributed by atoms with van der Waals surface area (Å²) in [4.78, 5) is 22.8. The molecule has 0 saturated heterocycles. The predicted octanol–water partition coefficient (Wildman–Crippen LogP) is 0.897. The summed E-state index contributed by atoms with van der Waals surface area (Å²) in [6.45, 7) is 1.72. The van der Waals surface area contributed by atoms with Gasteiger partial charge in [-0.25, -0.2) is 4.39 Å². The molecular formula is C12H17ClFN3O2. The molecule has 0 aliphatic heterocycles.